The van der Waals surface area contributed by atoms with Crippen molar-refractivity contribution in [2.24, 2.45) is 0 Å². The molecule has 0 N–H and O–H groups in total. The first kappa shape index (κ1) is 25.8. The van der Waals surface area contributed by atoms with Gasteiger partial charge in [0, 0.05) is 32.6 Å². The highest BCUT2D eigenvalue weighted by Crippen LogP contribution is 2.30. The maximum absolute atomic E-state index is 13.3. The fourth-order valence-corrected chi connectivity index (χ4v) is 6.57. The van der Waals surface area contributed by atoms with Gasteiger partial charge < -0.3 is 4.74 Å². The monoisotopic (exact) mass is 515 g/mol. The van der Waals surface area contributed by atoms with Gasteiger partial charge in [-0.25, -0.2) is 13.4 Å². The molecule has 0 spiro atoms. The summed E-state index contributed by atoms with van der Waals surface area (Å²) in [6, 6.07) is 12.9. The molecule has 0 radical (unpaired) electrons. The number of fused-ring (bicyclic) bond motifs is 1. The summed E-state index contributed by atoms with van der Waals surface area (Å²) >= 11 is 1.51. The number of sulfone groups is 1. The van der Waals surface area contributed by atoms with Crippen molar-refractivity contribution >= 4 is 42.4 Å². The highest BCUT2D eigenvalue weighted by atomic mass is 32.2. The van der Waals surface area contributed by atoms with Gasteiger partial charge in [0.05, 0.1) is 34.1 Å². The van der Waals surface area contributed by atoms with Crippen LogP contribution in [0.25, 0.3) is 10.2 Å². The van der Waals surface area contributed by atoms with Crippen molar-refractivity contribution in [3.8, 4) is 0 Å². The minimum Gasteiger partial charge on any atom is -0.379 e. The summed E-state index contributed by atoms with van der Waals surface area (Å²) in [6.45, 7) is 8.71. The standard InChI is InChI=1S/C26H33N3O4S2/c1-20-6-9-22(10-7-20)35(31,32)18-3-5-25(30)29(13-4-12-28-14-16-33-17-15-28)26-27-23-11-8-21(2)19-24(23)34-26/h6-11,19H,3-5,12-18H2,1-2H3. The average molecular weight is 516 g/mol. The number of ether oxygens (including phenoxy) is 1. The van der Waals surface area contributed by atoms with Crippen molar-refractivity contribution < 1.29 is 17.9 Å². The van der Waals surface area contributed by atoms with Crippen LogP contribution in [0.2, 0.25) is 0 Å². The third kappa shape index (κ3) is 6.88. The van der Waals surface area contributed by atoms with E-state index >= 15 is 0 Å². The first-order valence-corrected chi connectivity index (χ1v) is 14.6. The van der Waals surface area contributed by atoms with Gasteiger partial charge in [-0.3, -0.25) is 14.6 Å². The molecule has 1 fully saturated rings. The van der Waals surface area contributed by atoms with Gasteiger partial charge in [0.2, 0.25) is 5.91 Å². The normalized spacial score (nSPS) is 14.9. The molecule has 0 unspecified atom stereocenters. The summed E-state index contributed by atoms with van der Waals surface area (Å²) in [5.74, 6) is -0.135. The molecule has 9 heteroatoms. The lowest BCUT2D eigenvalue weighted by Crippen LogP contribution is -2.39. The molecule has 3 aromatic rings. The number of nitrogens with zero attached hydrogens (tertiary/aromatic N) is 3. The molecule has 0 aliphatic carbocycles. The molecule has 1 aromatic heterocycles. The number of amides is 1. The molecule has 0 saturated carbocycles. The number of hydrogen-bond acceptors (Lipinski definition) is 7. The van der Waals surface area contributed by atoms with Crippen LogP contribution in [0.4, 0.5) is 5.13 Å². The Balaban J connectivity index is 1.42. The van der Waals surface area contributed by atoms with Crippen molar-refractivity contribution in [2.75, 3.05) is 50.0 Å². The number of thiazole rings is 1. The highest BCUT2D eigenvalue weighted by Gasteiger charge is 2.22. The maximum Gasteiger partial charge on any atom is 0.228 e. The lowest BCUT2D eigenvalue weighted by atomic mass is 10.2. The molecule has 1 saturated heterocycles. The summed E-state index contributed by atoms with van der Waals surface area (Å²) < 4.78 is 31.9. The molecule has 0 bridgehead atoms. The lowest BCUT2D eigenvalue weighted by Gasteiger charge is -2.27. The highest BCUT2D eigenvalue weighted by molar-refractivity contribution is 7.91. The van der Waals surface area contributed by atoms with Crippen LogP contribution in [0, 0.1) is 13.8 Å². The molecular formula is C26H33N3O4S2. The molecule has 1 aliphatic heterocycles. The molecule has 2 aromatic carbocycles. The van der Waals surface area contributed by atoms with E-state index in [9.17, 15) is 13.2 Å². The molecule has 1 amide bonds. The summed E-state index contributed by atoms with van der Waals surface area (Å²) in [5.41, 5.74) is 3.04. The zero-order valence-corrected chi connectivity index (χ0v) is 22.0. The van der Waals surface area contributed by atoms with Gasteiger partial charge in [-0.1, -0.05) is 35.1 Å². The zero-order chi connectivity index (χ0) is 24.8. The van der Waals surface area contributed by atoms with E-state index in [1.807, 2.05) is 26.0 Å². The fraction of sp³-hybridized carbons (Fsp3) is 0.462. The largest absolute Gasteiger partial charge is 0.379 e. The van der Waals surface area contributed by atoms with Gasteiger partial charge in [-0.2, -0.15) is 0 Å². The number of morpholine rings is 1. The number of aryl methyl sites for hydroxylation is 2. The second kappa shape index (κ2) is 11.6. The smallest absolute Gasteiger partial charge is 0.228 e. The number of carbonyl (C=O) groups excluding carboxylic acids is 1. The van der Waals surface area contributed by atoms with Gasteiger partial charge >= 0.3 is 0 Å². The number of benzene rings is 2. The number of rotatable bonds is 10. The van der Waals surface area contributed by atoms with E-state index < -0.39 is 9.84 Å². The number of anilines is 1. The van der Waals surface area contributed by atoms with Crippen LogP contribution in [0.1, 0.15) is 30.4 Å². The predicted octanol–water partition coefficient (Wildman–Crippen LogP) is 4.22. The number of aromatic nitrogens is 1. The van der Waals surface area contributed by atoms with E-state index in [0.717, 1.165) is 60.6 Å². The van der Waals surface area contributed by atoms with E-state index in [-0.39, 0.29) is 24.5 Å². The van der Waals surface area contributed by atoms with Crippen LogP contribution in [0.5, 0.6) is 0 Å². The van der Waals surface area contributed by atoms with Crippen LogP contribution in [0.15, 0.2) is 47.4 Å². The summed E-state index contributed by atoms with van der Waals surface area (Å²) in [7, 11) is -3.42. The van der Waals surface area contributed by atoms with Crippen molar-refractivity contribution in [3.63, 3.8) is 0 Å². The fourth-order valence-electron chi connectivity index (χ4n) is 4.15. The molecule has 7 nitrogen and oxygen atoms in total. The Labute approximate surface area is 211 Å². The van der Waals surface area contributed by atoms with Crippen molar-refractivity contribution in [1.29, 1.82) is 0 Å². The molecule has 188 valence electrons. The van der Waals surface area contributed by atoms with Crippen molar-refractivity contribution in [1.82, 2.24) is 9.88 Å². The van der Waals surface area contributed by atoms with Gasteiger partial charge in [-0.05, 0) is 56.5 Å². The van der Waals surface area contributed by atoms with E-state index in [4.69, 9.17) is 9.72 Å². The molecule has 0 atom stereocenters. The third-order valence-corrected chi connectivity index (χ3v) is 9.07. The first-order valence-electron chi connectivity index (χ1n) is 12.1. The van der Waals surface area contributed by atoms with E-state index in [2.05, 4.69) is 11.0 Å². The summed E-state index contributed by atoms with van der Waals surface area (Å²) in [6.07, 6.45) is 1.26. The van der Waals surface area contributed by atoms with Gasteiger partial charge in [0.25, 0.3) is 0 Å². The molecular weight excluding hydrogens is 482 g/mol. The first-order chi connectivity index (χ1) is 16.8. The minimum atomic E-state index is -3.42. The second-order valence-electron chi connectivity index (χ2n) is 9.06. The topological polar surface area (TPSA) is 79.8 Å². The van der Waals surface area contributed by atoms with Crippen LogP contribution in [-0.2, 0) is 19.4 Å². The minimum absolute atomic E-state index is 0.0531. The summed E-state index contributed by atoms with van der Waals surface area (Å²) in [5, 5.41) is 0.680. The van der Waals surface area contributed by atoms with E-state index in [1.165, 1.54) is 11.3 Å². The van der Waals surface area contributed by atoms with Gasteiger partial charge in [-0.15, -0.1) is 0 Å². The van der Waals surface area contributed by atoms with Crippen LogP contribution in [-0.4, -0.2) is 69.4 Å². The molecule has 1 aliphatic rings. The van der Waals surface area contributed by atoms with Gasteiger partial charge in [0.15, 0.2) is 15.0 Å². The zero-order valence-electron chi connectivity index (χ0n) is 20.4. The van der Waals surface area contributed by atoms with Crippen molar-refractivity contribution in [3.05, 3.63) is 53.6 Å². The molecule has 35 heavy (non-hydrogen) atoms. The van der Waals surface area contributed by atoms with Crippen molar-refractivity contribution in [2.45, 2.75) is 38.0 Å². The SMILES string of the molecule is Cc1ccc(S(=O)(=O)CCCC(=O)N(CCCN2CCOCC2)c2nc3ccc(C)cc3s2)cc1. The lowest BCUT2D eigenvalue weighted by molar-refractivity contribution is -0.118. The number of carbonyl (C=O) groups is 1. The van der Waals surface area contributed by atoms with E-state index in [0.29, 0.717) is 16.6 Å². The van der Waals surface area contributed by atoms with Crippen LogP contribution >= 0.6 is 11.3 Å². The quantitative estimate of drug-likeness (QED) is 0.402. The Morgan fingerprint density at radius 3 is 2.51 bits per heavy atom. The Kier molecular flexibility index (Phi) is 8.54. The molecule has 2 heterocycles. The van der Waals surface area contributed by atoms with Gasteiger partial charge in [0.1, 0.15) is 0 Å². The Morgan fingerprint density at radius 1 is 1.06 bits per heavy atom. The second-order valence-corrected chi connectivity index (χ2v) is 12.2. The number of hydrogen-bond donors (Lipinski definition) is 0. The third-order valence-electron chi connectivity index (χ3n) is 6.21. The predicted molar refractivity (Wildman–Crippen MR) is 141 cm³/mol. The maximum atomic E-state index is 13.3. The Bertz CT molecular complexity index is 1250. The van der Waals surface area contributed by atoms with Crippen LogP contribution < -0.4 is 4.90 Å². The average Bonchev–Trinajstić information content (AvgIpc) is 3.25. The van der Waals surface area contributed by atoms with E-state index in [1.54, 1.807) is 29.2 Å². The summed E-state index contributed by atoms with van der Waals surface area (Å²) in [4.78, 5) is 22.4. The Morgan fingerprint density at radius 2 is 1.77 bits per heavy atom. The molecule has 4 rings (SSSR count). The van der Waals surface area contributed by atoms with Crippen LogP contribution in [0.3, 0.4) is 0 Å². The Hall–Kier alpha value is -2.33.